The molecule has 0 aliphatic carbocycles. The lowest BCUT2D eigenvalue weighted by molar-refractivity contribution is 0.101. The second-order valence-electron chi connectivity index (χ2n) is 4.36. The van der Waals surface area contributed by atoms with Crippen LogP contribution >= 0.6 is 0 Å². The van der Waals surface area contributed by atoms with Gasteiger partial charge < -0.3 is 19.8 Å². The van der Waals surface area contributed by atoms with Crippen LogP contribution in [0, 0.1) is 0 Å². The third-order valence-electron chi connectivity index (χ3n) is 2.94. The first kappa shape index (κ1) is 12.3. The van der Waals surface area contributed by atoms with Gasteiger partial charge in [0.15, 0.2) is 17.3 Å². The molecular weight excluding hydrogens is 260 g/mol. The Kier molecular flexibility index (Phi) is 2.90. The van der Waals surface area contributed by atoms with E-state index in [0.29, 0.717) is 28.6 Å². The van der Waals surface area contributed by atoms with Crippen LogP contribution in [0.5, 0.6) is 11.5 Å². The van der Waals surface area contributed by atoms with Crippen molar-refractivity contribution < 1.29 is 19.1 Å². The van der Waals surface area contributed by atoms with E-state index in [2.05, 4.69) is 10.3 Å². The highest BCUT2D eigenvalue weighted by atomic mass is 16.7. The minimum atomic E-state index is -0.323. The summed E-state index contributed by atoms with van der Waals surface area (Å²) >= 11 is 0. The number of ketones is 1. The second-order valence-corrected chi connectivity index (χ2v) is 4.36. The lowest BCUT2D eigenvalue weighted by Crippen LogP contribution is -2.12. The average Bonchev–Trinajstić information content (AvgIpc) is 3.07. The first-order valence-electron chi connectivity index (χ1n) is 6.04. The van der Waals surface area contributed by atoms with E-state index in [4.69, 9.17) is 9.47 Å². The van der Waals surface area contributed by atoms with Gasteiger partial charge in [-0.1, -0.05) is 0 Å². The van der Waals surface area contributed by atoms with Crippen molar-refractivity contribution in [2.24, 2.45) is 0 Å². The van der Waals surface area contributed by atoms with E-state index in [1.165, 1.54) is 6.92 Å². The molecule has 2 N–H and O–H groups in total. The Bertz CT molecular complexity index is 690. The number of Topliss-reactive ketones (excluding diaryl/α,β-unsaturated/α-hetero) is 1. The molecule has 2 heterocycles. The van der Waals surface area contributed by atoms with Crippen molar-refractivity contribution in [3.8, 4) is 11.5 Å². The number of benzene rings is 1. The van der Waals surface area contributed by atoms with Crippen LogP contribution in [-0.4, -0.2) is 23.5 Å². The SMILES string of the molecule is CC(=O)c1ccc(C(=O)Nc2ccc3c(c2)OCO3)[nH]1. The molecule has 20 heavy (non-hydrogen) atoms. The Hall–Kier alpha value is -2.76. The first-order valence-corrected chi connectivity index (χ1v) is 6.04. The van der Waals surface area contributed by atoms with Gasteiger partial charge in [0.25, 0.3) is 5.91 Å². The molecule has 1 aromatic heterocycles. The maximum Gasteiger partial charge on any atom is 0.272 e. The van der Waals surface area contributed by atoms with E-state index >= 15 is 0 Å². The Morgan fingerprint density at radius 3 is 2.60 bits per heavy atom. The van der Waals surface area contributed by atoms with Gasteiger partial charge in [-0.3, -0.25) is 9.59 Å². The molecule has 0 atom stereocenters. The Labute approximate surface area is 114 Å². The number of carbonyl (C=O) groups excluding carboxylic acids is 2. The molecule has 0 fully saturated rings. The fourth-order valence-corrected chi connectivity index (χ4v) is 1.91. The van der Waals surface area contributed by atoms with Crippen LogP contribution in [0.1, 0.15) is 27.9 Å². The molecule has 0 bridgehead atoms. The molecule has 6 nitrogen and oxygen atoms in total. The molecule has 1 amide bonds. The Balaban J connectivity index is 1.76. The number of aromatic nitrogens is 1. The van der Waals surface area contributed by atoms with Crippen LogP contribution in [0.2, 0.25) is 0 Å². The molecule has 0 spiro atoms. The first-order chi connectivity index (χ1) is 9.63. The highest BCUT2D eigenvalue weighted by Gasteiger charge is 2.15. The van der Waals surface area contributed by atoms with Crippen LogP contribution in [0.3, 0.4) is 0 Å². The molecule has 0 radical (unpaired) electrons. The summed E-state index contributed by atoms with van der Waals surface area (Å²) in [6.45, 7) is 1.62. The molecule has 2 aromatic rings. The summed E-state index contributed by atoms with van der Waals surface area (Å²) in [5.41, 5.74) is 1.33. The number of rotatable bonds is 3. The van der Waals surface area contributed by atoms with Crippen LogP contribution in [0.4, 0.5) is 5.69 Å². The number of nitrogens with one attached hydrogen (secondary N) is 2. The highest BCUT2D eigenvalue weighted by Crippen LogP contribution is 2.34. The third-order valence-corrected chi connectivity index (χ3v) is 2.94. The second kappa shape index (κ2) is 4.73. The molecule has 1 aliphatic rings. The van der Waals surface area contributed by atoms with E-state index in [0.717, 1.165) is 0 Å². The van der Waals surface area contributed by atoms with Crippen molar-refractivity contribution in [3.05, 3.63) is 41.7 Å². The minimum Gasteiger partial charge on any atom is -0.454 e. The summed E-state index contributed by atoms with van der Waals surface area (Å²) in [7, 11) is 0. The van der Waals surface area contributed by atoms with Crippen molar-refractivity contribution in [1.29, 1.82) is 0 Å². The van der Waals surface area contributed by atoms with Gasteiger partial charge in [0, 0.05) is 18.7 Å². The largest absolute Gasteiger partial charge is 0.454 e. The molecule has 1 aromatic carbocycles. The standard InChI is InChI=1S/C14H12N2O4/c1-8(17)10-3-4-11(16-10)14(18)15-9-2-5-12-13(6-9)20-7-19-12/h2-6,16H,7H2,1H3,(H,15,18). The van der Waals surface area contributed by atoms with Gasteiger partial charge in [0.1, 0.15) is 5.69 Å². The van der Waals surface area contributed by atoms with E-state index in [-0.39, 0.29) is 18.5 Å². The average molecular weight is 272 g/mol. The van der Waals surface area contributed by atoms with Gasteiger partial charge in [0.05, 0.1) is 5.69 Å². The number of amides is 1. The normalized spacial score (nSPS) is 12.2. The fourth-order valence-electron chi connectivity index (χ4n) is 1.91. The number of hydrogen-bond acceptors (Lipinski definition) is 4. The van der Waals surface area contributed by atoms with Gasteiger partial charge in [-0.15, -0.1) is 0 Å². The van der Waals surface area contributed by atoms with Crippen molar-refractivity contribution in [3.63, 3.8) is 0 Å². The van der Waals surface area contributed by atoms with Gasteiger partial charge >= 0.3 is 0 Å². The number of aromatic amines is 1. The Morgan fingerprint density at radius 1 is 1.10 bits per heavy atom. The summed E-state index contributed by atoms with van der Waals surface area (Å²) in [6, 6.07) is 8.29. The fraction of sp³-hybridized carbons (Fsp3) is 0.143. The predicted molar refractivity (Wildman–Crippen MR) is 71.3 cm³/mol. The lowest BCUT2D eigenvalue weighted by atomic mass is 10.2. The smallest absolute Gasteiger partial charge is 0.272 e. The number of fused-ring (bicyclic) bond motifs is 1. The molecule has 102 valence electrons. The summed E-state index contributed by atoms with van der Waals surface area (Å²) < 4.78 is 10.4. The zero-order chi connectivity index (χ0) is 14.1. The van der Waals surface area contributed by atoms with Crippen LogP contribution < -0.4 is 14.8 Å². The zero-order valence-electron chi connectivity index (χ0n) is 10.7. The molecule has 3 rings (SSSR count). The van der Waals surface area contributed by atoms with Gasteiger partial charge in [-0.2, -0.15) is 0 Å². The number of hydrogen-bond donors (Lipinski definition) is 2. The van der Waals surface area contributed by atoms with E-state index in [1.54, 1.807) is 30.3 Å². The predicted octanol–water partition coefficient (Wildman–Crippen LogP) is 2.20. The molecular formula is C14H12N2O4. The number of carbonyl (C=O) groups is 2. The Morgan fingerprint density at radius 2 is 1.85 bits per heavy atom. The summed E-state index contributed by atoms with van der Waals surface area (Å²) in [5, 5.41) is 2.72. The molecule has 0 saturated heterocycles. The lowest BCUT2D eigenvalue weighted by Gasteiger charge is -2.04. The maximum atomic E-state index is 12.0. The number of H-pyrrole nitrogens is 1. The quantitative estimate of drug-likeness (QED) is 0.839. The van der Waals surface area contributed by atoms with Crippen molar-refractivity contribution in [1.82, 2.24) is 4.98 Å². The molecule has 1 aliphatic heterocycles. The van der Waals surface area contributed by atoms with Gasteiger partial charge in [0.2, 0.25) is 6.79 Å². The maximum absolute atomic E-state index is 12.0. The molecule has 6 heteroatoms. The van der Waals surface area contributed by atoms with Crippen molar-refractivity contribution >= 4 is 17.4 Å². The summed E-state index contributed by atoms with van der Waals surface area (Å²) in [6.07, 6.45) is 0. The van der Waals surface area contributed by atoms with E-state index in [1.807, 2.05) is 0 Å². The topological polar surface area (TPSA) is 80.4 Å². The van der Waals surface area contributed by atoms with Crippen molar-refractivity contribution in [2.45, 2.75) is 6.92 Å². The van der Waals surface area contributed by atoms with E-state index in [9.17, 15) is 9.59 Å². The van der Waals surface area contributed by atoms with Crippen LogP contribution in [0.25, 0.3) is 0 Å². The molecule has 0 saturated carbocycles. The summed E-state index contributed by atoms with van der Waals surface area (Å²) in [5.74, 6) is 0.809. The monoisotopic (exact) mass is 272 g/mol. The number of ether oxygens (including phenoxy) is 2. The zero-order valence-corrected chi connectivity index (χ0v) is 10.7. The van der Waals surface area contributed by atoms with Crippen LogP contribution in [-0.2, 0) is 0 Å². The van der Waals surface area contributed by atoms with E-state index < -0.39 is 0 Å². The molecule has 0 unspecified atom stereocenters. The van der Waals surface area contributed by atoms with Crippen molar-refractivity contribution in [2.75, 3.05) is 12.1 Å². The van der Waals surface area contributed by atoms with Gasteiger partial charge in [-0.25, -0.2) is 0 Å². The van der Waals surface area contributed by atoms with Crippen LogP contribution in [0.15, 0.2) is 30.3 Å². The summed E-state index contributed by atoms with van der Waals surface area (Å²) in [4.78, 5) is 26.0. The third kappa shape index (κ3) is 2.23. The minimum absolute atomic E-state index is 0.118. The number of anilines is 1. The highest BCUT2D eigenvalue weighted by molar-refractivity contribution is 6.04. The van der Waals surface area contributed by atoms with Gasteiger partial charge in [-0.05, 0) is 24.3 Å².